The van der Waals surface area contributed by atoms with E-state index in [4.69, 9.17) is 16.2 Å². The number of nitrogens with two attached hydrogens (primary N) is 2. The predicted molar refractivity (Wildman–Crippen MR) is 100.0 cm³/mol. The standard InChI is InChI=1S/C19H28N4O2/c1-14(2)17(20)11-18(21)22-16-9-6-10-23(12-16)19(24)25-13-15-7-4-3-5-8-15/h3-5,7-8,11,14,16H,6,9-10,12-13,20H2,1-2H3,(H2,21,22). The van der Waals surface area contributed by atoms with E-state index >= 15 is 0 Å². The zero-order valence-corrected chi connectivity index (χ0v) is 15.0. The van der Waals surface area contributed by atoms with Crippen LogP contribution in [0.2, 0.25) is 0 Å². The summed E-state index contributed by atoms with van der Waals surface area (Å²) in [5, 5.41) is 0. The van der Waals surface area contributed by atoms with Gasteiger partial charge in [0.25, 0.3) is 0 Å². The smallest absolute Gasteiger partial charge is 0.410 e. The van der Waals surface area contributed by atoms with Gasteiger partial charge in [0.2, 0.25) is 0 Å². The third-order valence-corrected chi connectivity index (χ3v) is 4.17. The normalized spacial score (nSPS) is 19.2. The highest BCUT2D eigenvalue weighted by molar-refractivity contribution is 5.92. The first kappa shape index (κ1) is 18.8. The Hall–Kier alpha value is -2.50. The molecule has 0 spiro atoms. The number of rotatable bonds is 5. The van der Waals surface area contributed by atoms with Gasteiger partial charge in [0.1, 0.15) is 12.4 Å². The summed E-state index contributed by atoms with van der Waals surface area (Å²) in [6, 6.07) is 9.63. The van der Waals surface area contributed by atoms with Crippen LogP contribution >= 0.6 is 0 Å². The van der Waals surface area contributed by atoms with Crippen molar-refractivity contribution in [1.82, 2.24) is 4.90 Å². The lowest BCUT2D eigenvalue weighted by atomic mass is 10.1. The summed E-state index contributed by atoms with van der Waals surface area (Å²) in [6.45, 7) is 5.49. The molecule has 0 saturated carbocycles. The molecule has 6 heteroatoms. The van der Waals surface area contributed by atoms with Gasteiger partial charge in [-0.2, -0.15) is 0 Å². The number of amides is 1. The first-order chi connectivity index (χ1) is 12.0. The van der Waals surface area contributed by atoms with Crippen molar-refractivity contribution in [2.45, 2.75) is 39.3 Å². The van der Waals surface area contributed by atoms with Gasteiger partial charge in [-0.1, -0.05) is 44.2 Å². The Balaban J connectivity index is 1.89. The Labute approximate surface area is 149 Å². The first-order valence-electron chi connectivity index (χ1n) is 8.71. The minimum atomic E-state index is -0.306. The fourth-order valence-corrected chi connectivity index (χ4v) is 2.62. The third kappa shape index (κ3) is 6.14. The van der Waals surface area contributed by atoms with E-state index in [2.05, 4.69) is 4.99 Å². The molecule has 1 atom stereocenters. The number of piperidine rings is 1. The van der Waals surface area contributed by atoms with Crippen molar-refractivity contribution in [3.63, 3.8) is 0 Å². The predicted octanol–water partition coefficient (Wildman–Crippen LogP) is 2.64. The lowest BCUT2D eigenvalue weighted by molar-refractivity contribution is 0.0864. The fourth-order valence-electron chi connectivity index (χ4n) is 2.62. The molecule has 1 aliphatic rings. The molecule has 4 N–H and O–H groups in total. The van der Waals surface area contributed by atoms with Gasteiger partial charge in [0.05, 0.1) is 6.04 Å². The van der Waals surface area contributed by atoms with Crippen LogP contribution in [-0.2, 0) is 11.3 Å². The second kappa shape index (κ2) is 9.11. The molecule has 0 radical (unpaired) electrons. The van der Waals surface area contributed by atoms with Crippen LogP contribution in [-0.4, -0.2) is 36.0 Å². The van der Waals surface area contributed by atoms with Crippen molar-refractivity contribution in [1.29, 1.82) is 0 Å². The number of hydrogen-bond acceptors (Lipinski definition) is 4. The van der Waals surface area contributed by atoms with Crippen LogP contribution in [0.3, 0.4) is 0 Å². The molecular formula is C19H28N4O2. The lowest BCUT2D eigenvalue weighted by Crippen LogP contribution is -2.42. The molecule has 1 fully saturated rings. The quantitative estimate of drug-likeness (QED) is 0.634. The van der Waals surface area contributed by atoms with Crippen molar-refractivity contribution in [2.75, 3.05) is 13.1 Å². The summed E-state index contributed by atoms with van der Waals surface area (Å²) in [5.41, 5.74) is 13.5. The van der Waals surface area contributed by atoms with Crippen molar-refractivity contribution >= 4 is 11.9 Å². The molecule has 1 aromatic carbocycles. The Morgan fingerprint density at radius 1 is 1.36 bits per heavy atom. The maximum absolute atomic E-state index is 12.3. The molecule has 1 aromatic rings. The molecule has 1 unspecified atom stereocenters. The van der Waals surface area contributed by atoms with Crippen LogP contribution in [0, 0.1) is 5.92 Å². The highest BCUT2D eigenvalue weighted by Gasteiger charge is 2.24. The summed E-state index contributed by atoms with van der Waals surface area (Å²) in [7, 11) is 0. The van der Waals surface area contributed by atoms with E-state index in [1.165, 1.54) is 0 Å². The van der Waals surface area contributed by atoms with Crippen molar-refractivity contribution in [2.24, 2.45) is 22.4 Å². The molecule has 0 aromatic heterocycles. The monoisotopic (exact) mass is 344 g/mol. The summed E-state index contributed by atoms with van der Waals surface area (Å²) in [5.74, 6) is 0.639. The van der Waals surface area contributed by atoms with Gasteiger partial charge in [-0.05, 0) is 30.4 Å². The first-order valence-corrected chi connectivity index (χ1v) is 8.71. The van der Waals surface area contributed by atoms with Crippen molar-refractivity contribution in [3.8, 4) is 0 Å². The highest BCUT2D eigenvalue weighted by atomic mass is 16.6. The number of likely N-dealkylation sites (tertiary alicyclic amines) is 1. The number of hydrogen-bond donors (Lipinski definition) is 2. The Morgan fingerprint density at radius 3 is 2.76 bits per heavy atom. The number of aliphatic imine (C=N–C) groups is 1. The Kier molecular flexibility index (Phi) is 6.86. The van der Waals surface area contributed by atoms with E-state index in [1.807, 2.05) is 44.2 Å². The van der Waals surface area contributed by atoms with Crippen molar-refractivity contribution in [3.05, 3.63) is 47.7 Å². The molecule has 0 aliphatic carbocycles. The second-order valence-electron chi connectivity index (χ2n) is 6.64. The molecule has 1 amide bonds. The Bertz CT molecular complexity index is 626. The lowest BCUT2D eigenvalue weighted by Gasteiger charge is -2.30. The van der Waals surface area contributed by atoms with E-state index in [1.54, 1.807) is 11.0 Å². The van der Waals surface area contributed by atoms with Crippen LogP contribution in [0.1, 0.15) is 32.3 Å². The largest absolute Gasteiger partial charge is 0.445 e. The SMILES string of the molecule is CC(C)C(N)=CC(N)=NC1CCCN(C(=O)OCc2ccccc2)C1. The van der Waals surface area contributed by atoms with E-state index < -0.39 is 0 Å². The van der Waals surface area contributed by atoms with Gasteiger partial charge in [-0.15, -0.1) is 0 Å². The van der Waals surface area contributed by atoms with Gasteiger partial charge in [-0.25, -0.2) is 4.79 Å². The molecule has 0 bridgehead atoms. The van der Waals surface area contributed by atoms with Crippen LogP contribution in [0.5, 0.6) is 0 Å². The fraction of sp³-hybridized carbons (Fsp3) is 0.474. The van der Waals surface area contributed by atoms with Crippen LogP contribution in [0.25, 0.3) is 0 Å². The number of carbonyl (C=O) groups excluding carboxylic acids is 1. The molecule has 1 heterocycles. The van der Waals surface area contributed by atoms with E-state index in [0.717, 1.165) is 18.4 Å². The minimum Gasteiger partial charge on any atom is -0.445 e. The topological polar surface area (TPSA) is 93.9 Å². The zero-order valence-electron chi connectivity index (χ0n) is 15.0. The average molecular weight is 344 g/mol. The number of carbonyl (C=O) groups is 1. The second-order valence-corrected chi connectivity index (χ2v) is 6.64. The zero-order chi connectivity index (χ0) is 18.2. The number of nitrogens with zero attached hydrogens (tertiary/aromatic N) is 2. The van der Waals surface area contributed by atoms with Crippen LogP contribution < -0.4 is 11.5 Å². The molecule has 1 aliphatic heterocycles. The number of amidine groups is 1. The van der Waals surface area contributed by atoms with Crippen molar-refractivity contribution < 1.29 is 9.53 Å². The van der Waals surface area contributed by atoms with Crippen LogP contribution in [0.4, 0.5) is 4.79 Å². The van der Waals surface area contributed by atoms with Gasteiger partial charge in [0.15, 0.2) is 0 Å². The van der Waals surface area contributed by atoms with Gasteiger partial charge in [-0.3, -0.25) is 4.99 Å². The number of benzene rings is 1. The van der Waals surface area contributed by atoms with Crippen LogP contribution in [0.15, 0.2) is 47.1 Å². The van der Waals surface area contributed by atoms with E-state index in [-0.39, 0.29) is 24.7 Å². The average Bonchev–Trinajstić information content (AvgIpc) is 2.60. The Morgan fingerprint density at radius 2 is 2.08 bits per heavy atom. The van der Waals surface area contributed by atoms with Gasteiger partial charge >= 0.3 is 6.09 Å². The molecule has 136 valence electrons. The molecular weight excluding hydrogens is 316 g/mol. The summed E-state index contributed by atoms with van der Waals surface area (Å²) >= 11 is 0. The highest BCUT2D eigenvalue weighted by Crippen LogP contribution is 2.15. The maximum Gasteiger partial charge on any atom is 0.410 e. The number of allylic oxidation sites excluding steroid dienone is 1. The van der Waals surface area contributed by atoms with E-state index in [9.17, 15) is 4.79 Å². The van der Waals surface area contributed by atoms with Gasteiger partial charge < -0.3 is 21.1 Å². The molecule has 1 saturated heterocycles. The summed E-state index contributed by atoms with van der Waals surface area (Å²) in [4.78, 5) is 18.5. The third-order valence-electron chi connectivity index (χ3n) is 4.17. The maximum atomic E-state index is 12.3. The van der Waals surface area contributed by atoms with E-state index in [0.29, 0.717) is 24.6 Å². The molecule has 2 rings (SSSR count). The summed E-state index contributed by atoms with van der Waals surface area (Å²) in [6.07, 6.45) is 3.18. The minimum absolute atomic E-state index is 0.0192. The number of ether oxygens (including phenoxy) is 1. The molecule has 25 heavy (non-hydrogen) atoms. The molecule has 6 nitrogen and oxygen atoms in total. The summed E-state index contributed by atoms with van der Waals surface area (Å²) < 4.78 is 5.39. The van der Waals surface area contributed by atoms with Gasteiger partial charge in [0, 0.05) is 18.8 Å².